The van der Waals surface area contributed by atoms with E-state index in [0.717, 1.165) is 17.8 Å². The van der Waals surface area contributed by atoms with Crippen LogP contribution in [0.2, 0.25) is 0 Å². The number of rotatable bonds is 2. The maximum Gasteiger partial charge on any atom is 0.416 e. The van der Waals surface area contributed by atoms with Crippen LogP contribution in [-0.4, -0.2) is 5.12 Å². The van der Waals surface area contributed by atoms with Crippen LogP contribution in [-0.2, 0) is 16.7 Å². The van der Waals surface area contributed by atoms with Gasteiger partial charge in [0, 0.05) is 12.7 Å². The number of alkyl halides is 3. The lowest BCUT2D eigenvalue weighted by molar-refractivity contribution is -0.138. The van der Waals surface area contributed by atoms with E-state index >= 15 is 0 Å². The Morgan fingerprint density at radius 2 is 1.93 bits per heavy atom. The predicted octanol–water partition coefficient (Wildman–Crippen LogP) is 3.49. The quantitative estimate of drug-likeness (QED) is 0.779. The third-order valence-electron chi connectivity index (χ3n) is 1.75. The Bertz CT molecular complexity index is 360. The van der Waals surface area contributed by atoms with E-state index in [1.165, 1.54) is 25.1 Å². The Labute approximate surface area is 89.7 Å². The van der Waals surface area contributed by atoms with Crippen molar-refractivity contribution in [3.63, 3.8) is 0 Å². The third-order valence-corrected chi connectivity index (χ3v) is 2.62. The number of thioether (sulfide) groups is 1. The summed E-state index contributed by atoms with van der Waals surface area (Å²) < 4.78 is 37.4. The minimum atomic E-state index is -4.35. The molecule has 0 bridgehead atoms. The molecule has 0 saturated heterocycles. The van der Waals surface area contributed by atoms with Crippen molar-refractivity contribution in [2.75, 3.05) is 0 Å². The molecule has 0 spiro atoms. The highest BCUT2D eigenvalue weighted by molar-refractivity contribution is 8.12. The summed E-state index contributed by atoms with van der Waals surface area (Å²) in [6, 6.07) is 5.28. The zero-order valence-corrected chi connectivity index (χ0v) is 8.78. The van der Waals surface area contributed by atoms with E-state index in [1.807, 2.05) is 0 Å². The van der Waals surface area contributed by atoms with Gasteiger partial charge in [0.1, 0.15) is 0 Å². The van der Waals surface area contributed by atoms with Crippen LogP contribution in [0.1, 0.15) is 18.1 Å². The number of carbonyl (C=O) groups excluding carboxylic acids is 1. The van der Waals surface area contributed by atoms with Crippen molar-refractivity contribution < 1.29 is 18.0 Å². The molecule has 82 valence electrons. The first-order chi connectivity index (χ1) is 6.91. The molecule has 0 saturated carbocycles. The average molecular weight is 234 g/mol. The smallest absolute Gasteiger partial charge is 0.288 e. The molecule has 1 aromatic rings. The van der Waals surface area contributed by atoms with Crippen molar-refractivity contribution in [1.29, 1.82) is 0 Å². The average Bonchev–Trinajstić information content (AvgIpc) is 2.13. The second-order valence-electron chi connectivity index (χ2n) is 2.94. The number of carbonyl (C=O) groups is 1. The minimum Gasteiger partial charge on any atom is -0.288 e. The molecule has 1 nitrogen and oxygen atoms in total. The van der Waals surface area contributed by atoms with Gasteiger partial charge < -0.3 is 0 Å². The second kappa shape index (κ2) is 4.70. The highest BCUT2D eigenvalue weighted by atomic mass is 32.2. The van der Waals surface area contributed by atoms with Gasteiger partial charge in [0.2, 0.25) is 0 Å². The molecule has 5 heteroatoms. The summed E-state index contributed by atoms with van der Waals surface area (Å²) in [5.41, 5.74) is -0.524. The Balaban J connectivity index is 2.92. The van der Waals surface area contributed by atoms with E-state index in [0.29, 0.717) is 0 Å². The van der Waals surface area contributed by atoms with Gasteiger partial charge in [0.25, 0.3) is 0 Å². The van der Waals surface area contributed by atoms with E-state index in [1.54, 1.807) is 0 Å². The van der Waals surface area contributed by atoms with Crippen molar-refractivity contribution >= 4 is 16.9 Å². The summed E-state index contributed by atoms with van der Waals surface area (Å²) in [6.45, 7) is 1.33. The molecule has 0 amide bonds. The van der Waals surface area contributed by atoms with Gasteiger partial charge in [-0.3, -0.25) is 4.79 Å². The molecule has 0 heterocycles. The number of halogens is 3. The lowest BCUT2D eigenvalue weighted by atomic mass is 10.1. The van der Waals surface area contributed by atoms with E-state index in [-0.39, 0.29) is 16.4 Å². The number of hydrogen-bond donors (Lipinski definition) is 0. The fourth-order valence-corrected chi connectivity index (χ4v) is 1.71. The van der Waals surface area contributed by atoms with Crippen LogP contribution in [0.5, 0.6) is 0 Å². The van der Waals surface area contributed by atoms with Crippen LogP contribution in [0.25, 0.3) is 0 Å². The molecule has 15 heavy (non-hydrogen) atoms. The van der Waals surface area contributed by atoms with E-state index in [4.69, 9.17) is 0 Å². The van der Waals surface area contributed by atoms with Crippen LogP contribution in [0.15, 0.2) is 24.3 Å². The summed E-state index contributed by atoms with van der Waals surface area (Å²) in [6.07, 6.45) is -4.35. The molecule has 0 aliphatic heterocycles. The number of hydrogen-bond acceptors (Lipinski definition) is 2. The Morgan fingerprint density at radius 1 is 1.33 bits per heavy atom. The Morgan fingerprint density at radius 3 is 2.47 bits per heavy atom. The standard InChI is InChI=1S/C10H9F3OS/c1-7(14)15-6-8-4-2-3-5-9(8)10(11,12)13/h2-5H,6H2,1H3. The third kappa shape index (κ3) is 3.58. The van der Waals surface area contributed by atoms with Crippen LogP contribution < -0.4 is 0 Å². The fraction of sp³-hybridized carbons (Fsp3) is 0.300. The Kier molecular flexibility index (Phi) is 3.79. The van der Waals surface area contributed by atoms with Crippen molar-refractivity contribution in [3.05, 3.63) is 35.4 Å². The van der Waals surface area contributed by atoms with Crippen molar-refractivity contribution in [2.45, 2.75) is 18.9 Å². The molecule has 0 atom stereocenters. The van der Waals surface area contributed by atoms with E-state index in [2.05, 4.69) is 0 Å². The summed E-state index contributed by atoms with van der Waals surface area (Å²) in [5.74, 6) is 0.0605. The van der Waals surface area contributed by atoms with E-state index in [9.17, 15) is 18.0 Å². The highest BCUT2D eigenvalue weighted by Crippen LogP contribution is 2.33. The maximum atomic E-state index is 12.5. The van der Waals surface area contributed by atoms with Gasteiger partial charge in [0.05, 0.1) is 5.56 Å². The van der Waals surface area contributed by atoms with Gasteiger partial charge in [0.15, 0.2) is 5.12 Å². The summed E-state index contributed by atoms with van der Waals surface area (Å²) in [5, 5.41) is -0.188. The van der Waals surface area contributed by atoms with Crippen molar-refractivity contribution in [1.82, 2.24) is 0 Å². The largest absolute Gasteiger partial charge is 0.416 e. The van der Waals surface area contributed by atoms with E-state index < -0.39 is 11.7 Å². The molecular weight excluding hydrogens is 225 g/mol. The summed E-state index contributed by atoms with van der Waals surface area (Å²) in [4.78, 5) is 10.7. The molecule has 0 fully saturated rings. The molecule has 0 N–H and O–H groups in total. The van der Waals surface area contributed by atoms with Crippen molar-refractivity contribution in [3.8, 4) is 0 Å². The molecule has 1 aromatic carbocycles. The molecule has 0 radical (unpaired) electrons. The lowest BCUT2D eigenvalue weighted by Crippen LogP contribution is -2.08. The lowest BCUT2D eigenvalue weighted by Gasteiger charge is -2.11. The fourth-order valence-electron chi connectivity index (χ4n) is 1.10. The first kappa shape index (κ1) is 12.1. The molecule has 0 unspecified atom stereocenters. The maximum absolute atomic E-state index is 12.5. The minimum absolute atomic E-state index is 0.0605. The zero-order valence-electron chi connectivity index (χ0n) is 7.97. The van der Waals surface area contributed by atoms with Gasteiger partial charge in [-0.05, 0) is 11.6 Å². The van der Waals surface area contributed by atoms with Gasteiger partial charge >= 0.3 is 6.18 Å². The monoisotopic (exact) mass is 234 g/mol. The molecule has 1 rings (SSSR count). The normalized spacial score (nSPS) is 11.5. The second-order valence-corrected chi connectivity index (χ2v) is 4.09. The summed E-state index contributed by atoms with van der Waals surface area (Å²) >= 11 is 0.876. The van der Waals surface area contributed by atoms with Crippen LogP contribution >= 0.6 is 11.8 Å². The molecular formula is C10H9F3OS. The molecule has 0 aromatic heterocycles. The van der Waals surface area contributed by atoms with Gasteiger partial charge in [-0.25, -0.2) is 0 Å². The van der Waals surface area contributed by atoms with Gasteiger partial charge in [-0.2, -0.15) is 13.2 Å². The SMILES string of the molecule is CC(=O)SCc1ccccc1C(F)(F)F. The van der Waals surface area contributed by atoms with Crippen LogP contribution in [0, 0.1) is 0 Å². The predicted molar refractivity (Wildman–Crippen MR) is 53.4 cm³/mol. The summed E-state index contributed by atoms with van der Waals surface area (Å²) in [7, 11) is 0. The molecule has 0 aliphatic carbocycles. The Hall–Kier alpha value is -0.970. The topological polar surface area (TPSA) is 17.1 Å². The number of benzene rings is 1. The van der Waals surface area contributed by atoms with Gasteiger partial charge in [-0.1, -0.05) is 30.0 Å². The van der Waals surface area contributed by atoms with Crippen LogP contribution in [0.3, 0.4) is 0 Å². The van der Waals surface area contributed by atoms with Crippen LogP contribution in [0.4, 0.5) is 13.2 Å². The zero-order chi connectivity index (χ0) is 11.5. The molecule has 0 aliphatic rings. The van der Waals surface area contributed by atoms with Gasteiger partial charge in [-0.15, -0.1) is 0 Å². The first-order valence-electron chi connectivity index (χ1n) is 4.19. The van der Waals surface area contributed by atoms with Crippen molar-refractivity contribution in [2.24, 2.45) is 0 Å². The first-order valence-corrected chi connectivity index (χ1v) is 5.18. The highest BCUT2D eigenvalue weighted by Gasteiger charge is 2.32.